The summed E-state index contributed by atoms with van der Waals surface area (Å²) in [5.74, 6) is 2.14. The molecule has 1 N–H and O–H groups in total. The smallest absolute Gasteiger partial charge is 0.246 e. The van der Waals surface area contributed by atoms with E-state index in [0.717, 1.165) is 41.9 Å². The summed E-state index contributed by atoms with van der Waals surface area (Å²) in [6.07, 6.45) is 8.13. The van der Waals surface area contributed by atoms with Gasteiger partial charge in [0.05, 0.1) is 13.2 Å². The van der Waals surface area contributed by atoms with Crippen LogP contribution in [0.5, 0.6) is 11.5 Å². The Morgan fingerprint density at radius 2 is 2.17 bits per heavy atom. The highest BCUT2D eigenvalue weighted by Gasteiger charge is 2.22. The van der Waals surface area contributed by atoms with Gasteiger partial charge in [0.2, 0.25) is 11.8 Å². The predicted octanol–water partition coefficient (Wildman–Crippen LogP) is 2.57. The van der Waals surface area contributed by atoms with Gasteiger partial charge in [-0.2, -0.15) is 0 Å². The van der Waals surface area contributed by atoms with E-state index >= 15 is 0 Å². The molecule has 7 nitrogen and oxygen atoms in total. The number of carbonyl (C=O) groups excluding carboxylic acids is 2. The number of allylic oxidation sites excluding steroid dienone is 2. The lowest BCUT2D eigenvalue weighted by atomic mass is 9.92. The Morgan fingerprint density at radius 1 is 1.31 bits per heavy atom. The molecule has 152 valence electrons. The number of ether oxygens (including phenoxy) is 2. The Kier molecular flexibility index (Phi) is 5.64. The first-order chi connectivity index (χ1) is 14.1. The van der Waals surface area contributed by atoms with Crippen molar-refractivity contribution in [3.63, 3.8) is 0 Å². The molecule has 0 spiro atoms. The molecular formula is C22H25N3O4. The average Bonchev–Trinajstić information content (AvgIpc) is 2.98. The van der Waals surface area contributed by atoms with E-state index in [1.807, 2.05) is 24.3 Å². The molecule has 29 heavy (non-hydrogen) atoms. The number of hydrogen-bond acceptors (Lipinski definition) is 5. The molecule has 1 atom stereocenters. The first kappa shape index (κ1) is 19.2. The van der Waals surface area contributed by atoms with Crippen LogP contribution in [0.15, 0.2) is 46.7 Å². The SMILES string of the molecule is CN(Cc1cccc2c1OCCCO2)C(=O)/C=C/C1C=NC2=C(CCC(=O)N2)C1. The Bertz CT molecular complexity index is 903. The molecule has 0 fully saturated rings. The molecule has 0 aliphatic carbocycles. The molecule has 1 aromatic rings. The number of nitrogens with zero attached hydrogens (tertiary/aromatic N) is 2. The van der Waals surface area contributed by atoms with E-state index in [1.54, 1.807) is 24.2 Å². The van der Waals surface area contributed by atoms with E-state index in [-0.39, 0.29) is 17.7 Å². The average molecular weight is 395 g/mol. The summed E-state index contributed by atoms with van der Waals surface area (Å²) >= 11 is 0. The zero-order valence-corrected chi connectivity index (χ0v) is 16.5. The first-order valence-electron chi connectivity index (χ1n) is 9.97. The van der Waals surface area contributed by atoms with Crippen LogP contribution in [0, 0.1) is 5.92 Å². The molecule has 0 bridgehead atoms. The van der Waals surface area contributed by atoms with Crippen LogP contribution in [-0.4, -0.2) is 43.2 Å². The maximum Gasteiger partial charge on any atom is 0.246 e. The van der Waals surface area contributed by atoms with E-state index in [9.17, 15) is 9.59 Å². The standard InChI is InChI=1S/C22H25N3O4/c1-25(14-17-4-2-5-18-21(17)29-11-3-10-28-18)20(27)9-6-15-12-16-7-8-19(26)24-22(16)23-13-15/h2,4-6,9,13,15H,3,7-8,10-12,14H2,1H3,(H,24,26)/b9-6+. The highest BCUT2D eigenvalue weighted by molar-refractivity contribution is 5.88. The lowest BCUT2D eigenvalue weighted by Crippen LogP contribution is -2.30. The molecular weight excluding hydrogens is 370 g/mol. The van der Waals surface area contributed by atoms with Crippen LogP contribution < -0.4 is 14.8 Å². The number of para-hydroxylation sites is 1. The second-order valence-corrected chi connectivity index (χ2v) is 7.49. The predicted molar refractivity (Wildman–Crippen MR) is 109 cm³/mol. The monoisotopic (exact) mass is 395 g/mol. The maximum absolute atomic E-state index is 12.6. The van der Waals surface area contributed by atoms with Crippen molar-refractivity contribution in [3.05, 3.63) is 47.3 Å². The Morgan fingerprint density at radius 3 is 3.07 bits per heavy atom. The summed E-state index contributed by atoms with van der Waals surface area (Å²) in [6.45, 7) is 1.69. The van der Waals surface area contributed by atoms with Gasteiger partial charge in [-0.05, 0) is 30.6 Å². The molecule has 0 saturated carbocycles. The van der Waals surface area contributed by atoms with E-state index in [2.05, 4.69) is 10.3 Å². The van der Waals surface area contributed by atoms with Gasteiger partial charge in [0, 0.05) is 44.1 Å². The third-order valence-corrected chi connectivity index (χ3v) is 5.25. The molecule has 7 heteroatoms. The van der Waals surface area contributed by atoms with Gasteiger partial charge < -0.3 is 19.7 Å². The molecule has 3 heterocycles. The second-order valence-electron chi connectivity index (χ2n) is 7.49. The van der Waals surface area contributed by atoms with Crippen LogP contribution >= 0.6 is 0 Å². The number of fused-ring (bicyclic) bond motifs is 1. The molecule has 3 aliphatic heterocycles. The van der Waals surface area contributed by atoms with Crippen molar-refractivity contribution in [2.45, 2.75) is 32.2 Å². The van der Waals surface area contributed by atoms with Crippen molar-refractivity contribution >= 4 is 18.0 Å². The van der Waals surface area contributed by atoms with E-state index in [0.29, 0.717) is 32.0 Å². The summed E-state index contributed by atoms with van der Waals surface area (Å²) in [5.41, 5.74) is 2.08. The van der Waals surface area contributed by atoms with Crippen LogP contribution in [0.3, 0.4) is 0 Å². The van der Waals surface area contributed by atoms with E-state index in [1.165, 1.54) is 0 Å². The maximum atomic E-state index is 12.6. The van der Waals surface area contributed by atoms with Crippen LogP contribution in [0.1, 0.15) is 31.2 Å². The lowest BCUT2D eigenvalue weighted by molar-refractivity contribution is -0.125. The van der Waals surface area contributed by atoms with Crippen molar-refractivity contribution in [1.82, 2.24) is 10.2 Å². The summed E-state index contributed by atoms with van der Waals surface area (Å²) in [4.78, 5) is 30.1. The number of nitrogens with one attached hydrogen (secondary N) is 1. The first-order valence-corrected chi connectivity index (χ1v) is 9.97. The van der Waals surface area contributed by atoms with E-state index in [4.69, 9.17) is 9.47 Å². The number of hydrogen-bond donors (Lipinski definition) is 1. The molecule has 0 radical (unpaired) electrons. The lowest BCUT2D eigenvalue weighted by Gasteiger charge is -2.23. The van der Waals surface area contributed by atoms with Crippen LogP contribution in [0.4, 0.5) is 0 Å². The van der Waals surface area contributed by atoms with Crippen LogP contribution in [-0.2, 0) is 16.1 Å². The molecule has 1 unspecified atom stereocenters. The van der Waals surface area contributed by atoms with E-state index < -0.39 is 0 Å². The number of rotatable bonds is 4. The molecule has 4 rings (SSSR count). The van der Waals surface area contributed by atoms with Gasteiger partial charge in [0.15, 0.2) is 11.5 Å². The zero-order valence-electron chi connectivity index (χ0n) is 16.5. The van der Waals surface area contributed by atoms with Gasteiger partial charge in [0.1, 0.15) is 5.82 Å². The van der Waals surface area contributed by atoms with Gasteiger partial charge in [0.25, 0.3) is 0 Å². The van der Waals surface area contributed by atoms with Gasteiger partial charge >= 0.3 is 0 Å². The Balaban J connectivity index is 1.37. The molecule has 0 saturated heterocycles. The fourth-order valence-electron chi connectivity index (χ4n) is 3.66. The van der Waals surface area contributed by atoms with Gasteiger partial charge in [-0.3, -0.25) is 9.59 Å². The number of carbonyl (C=O) groups is 2. The van der Waals surface area contributed by atoms with Crippen molar-refractivity contribution in [2.75, 3.05) is 20.3 Å². The quantitative estimate of drug-likeness (QED) is 0.795. The van der Waals surface area contributed by atoms with Crippen molar-refractivity contribution in [3.8, 4) is 11.5 Å². The molecule has 3 aliphatic rings. The normalized spacial score (nSPS) is 20.9. The minimum absolute atomic E-state index is 0.0138. The fourth-order valence-corrected chi connectivity index (χ4v) is 3.66. The topological polar surface area (TPSA) is 80.2 Å². The highest BCUT2D eigenvalue weighted by atomic mass is 16.5. The number of likely N-dealkylation sites (N-methyl/N-ethyl adjacent to an activating group) is 1. The summed E-state index contributed by atoms with van der Waals surface area (Å²) in [7, 11) is 1.77. The number of aliphatic imine (C=N–C) groups is 1. The summed E-state index contributed by atoms with van der Waals surface area (Å²) in [5, 5.41) is 2.80. The van der Waals surface area contributed by atoms with Crippen molar-refractivity contribution in [1.29, 1.82) is 0 Å². The third kappa shape index (κ3) is 4.50. The largest absolute Gasteiger partial charge is 0.490 e. The second kappa shape index (κ2) is 8.51. The van der Waals surface area contributed by atoms with Crippen LogP contribution in [0.2, 0.25) is 0 Å². The van der Waals surface area contributed by atoms with Gasteiger partial charge in [-0.1, -0.05) is 18.2 Å². The van der Waals surface area contributed by atoms with Gasteiger partial charge in [-0.15, -0.1) is 0 Å². The molecule has 1 aromatic carbocycles. The number of benzene rings is 1. The van der Waals surface area contributed by atoms with Crippen molar-refractivity contribution < 1.29 is 19.1 Å². The third-order valence-electron chi connectivity index (χ3n) is 5.25. The summed E-state index contributed by atoms with van der Waals surface area (Å²) < 4.78 is 11.6. The zero-order chi connectivity index (χ0) is 20.2. The number of amides is 2. The highest BCUT2D eigenvalue weighted by Crippen LogP contribution is 2.34. The molecule has 0 aromatic heterocycles. The van der Waals surface area contributed by atoms with Crippen LogP contribution in [0.25, 0.3) is 0 Å². The minimum Gasteiger partial charge on any atom is -0.490 e. The fraction of sp³-hybridized carbons (Fsp3) is 0.409. The minimum atomic E-state index is -0.0812. The molecule has 2 amide bonds. The summed E-state index contributed by atoms with van der Waals surface area (Å²) in [6, 6.07) is 5.77. The Hall–Kier alpha value is -3.09. The van der Waals surface area contributed by atoms with Gasteiger partial charge in [-0.25, -0.2) is 4.99 Å². The Labute approximate surface area is 170 Å². The van der Waals surface area contributed by atoms with Crippen molar-refractivity contribution in [2.24, 2.45) is 10.9 Å².